The van der Waals surface area contributed by atoms with Crippen molar-refractivity contribution >= 4 is 5.97 Å². The van der Waals surface area contributed by atoms with Crippen LogP contribution in [0.15, 0.2) is 0 Å². The van der Waals surface area contributed by atoms with E-state index in [9.17, 15) is 9.90 Å². The van der Waals surface area contributed by atoms with Crippen molar-refractivity contribution in [3.8, 4) is 0 Å². The molecule has 4 heteroatoms. The highest BCUT2D eigenvalue weighted by Crippen LogP contribution is 2.63. The van der Waals surface area contributed by atoms with Gasteiger partial charge in [-0.15, -0.1) is 0 Å². The summed E-state index contributed by atoms with van der Waals surface area (Å²) >= 11 is 0. The van der Waals surface area contributed by atoms with Crippen LogP contribution in [-0.4, -0.2) is 34.5 Å². The lowest BCUT2D eigenvalue weighted by Gasteiger charge is -2.37. The Bertz CT molecular complexity index is 491. The summed E-state index contributed by atoms with van der Waals surface area (Å²) in [5.74, 6) is -0.0251. The lowest BCUT2D eigenvalue weighted by atomic mass is 9.63. The summed E-state index contributed by atoms with van der Waals surface area (Å²) in [5, 5.41) is 9.75. The fourth-order valence-electron chi connectivity index (χ4n) is 5.25. The molecule has 4 fully saturated rings. The van der Waals surface area contributed by atoms with Gasteiger partial charge in [-0.05, 0) is 57.8 Å². The maximum Gasteiger partial charge on any atom is 0.309 e. The Morgan fingerprint density at radius 2 is 2.05 bits per heavy atom. The normalized spacial score (nSPS) is 52.5. The molecule has 0 aromatic carbocycles. The molecule has 0 amide bonds. The van der Waals surface area contributed by atoms with Crippen molar-refractivity contribution in [3.63, 3.8) is 0 Å². The number of fused-ring (bicyclic) bond motifs is 2. The average molecular weight is 308 g/mol. The third-order valence-corrected chi connectivity index (χ3v) is 7.10. The van der Waals surface area contributed by atoms with E-state index >= 15 is 0 Å². The number of hydrogen-bond acceptors (Lipinski definition) is 3. The highest BCUT2D eigenvalue weighted by molar-refractivity contribution is 5.75. The van der Waals surface area contributed by atoms with Gasteiger partial charge in [0.25, 0.3) is 0 Å². The molecule has 0 bridgehead atoms. The smallest absolute Gasteiger partial charge is 0.309 e. The summed E-state index contributed by atoms with van der Waals surface area (Å²) in [7, 11) is 0. The standard InChI is InChI=1S/C18H28O4/c1-3-4-6-17(15(19)20)8-9-18(14(11-17)22-18)12-5-7-16(2)13(10-12)21-16/h12-14H,3-11H2,1-2H3,(H,19,20). The highest BCUT2D eigenvalue weighted by Gasteiger charge is 2.69. The summed E-state index contributed by atoms with van der Waals surface area (Å²) in [6.45, 7) is 4.35. The van der Waals surface area contributed by atoms with Crippen molar-refractivity contribution in [1.82, 2.24) is 0 Å². The van der Waals surface area contributed by atoms with Gasteiger partial charge in [0.15, 0.2) is 0 Å². The number of ether oxygens (including phenoxy) is 2. The first-order chi connectivity index (χ1) is 10.4. The lowest BCUT2D eigenvalue weighted by Crippen LogP contribution is -2.43. The van der Waals surface area contributed by atoms with Gasteiger partial charge in [-0.3, -0.25) is 4.79 Å². The maximum atomic E-state index is 11.9. The first-order valence-electron chi connectivity index (χ1n) is 9.03. The Morgan fingerprint density at radius 3 is 2.68 bits per heavy atom. The first-order valence-corrected chi connectivity index (χ1v) is 9.03. The number of carboxylic acid groups (broad SMARTS) is 1. The predicted molar refractivity (Wildman–Crippen MR) is 81.7 cm³/mol. The fraction of sp³-hybridized carbons (Fsp3) is 0.944. The van der Waals surface area contributed by atoms with Crippen molar-refractivity contribution in [2.45, 2.75) is 95.0 Å². The van der Waals surface area contributed by atoms with E-state index in [-0.39, 0.29) is 17.3 Å². The van der Waals surface area contributed by atoms with Gasteiger partial charge in [-0.1, -0.05) is 19.8 Å². The Labute approximate surface area is 132 Å². The monoisotopic (exact) mass is 308 g/mol. The van der Waals surface area contributed by atoms with Crippen LogP contribution >= 0.6 is 0 Å². The Kier molecular flexibility index (Phi) is 3.19. The summed E-state index contributed by atoms with van der Waals surface area (Å²) in [6.07, 6.45) is 9.36. The molecule has 2 saturated carbocycles. The molecule has 6 atom stereocenters. The lowest BCUT2D eigenvalue weighted by molar-refractivity contribution is -0.151. The molecular formula is C18H28O4. The molecule has 22 heavy (non-hydrogen) atoms. The molecule has 2 aliphatic carbocycles. The van der Waals surface area contributed by atoms with E-state index in [1.165, 1.54) is 6.42 Å². The number of epoxide rings is 2. The van der Waals surface area contributed by atoms with Gasteiger partial charge in [0.05, 0.1) is 28.8 Å². The van der Waals surface area contributed by atoms with Crippen LogP contribution in [-0.2, 0) is 14.3 Å². The van der Waals surface area contributed by atoms with Crippen LogP contribution in [0.3, 0.4) is 0 Å². The van der Waals surface area contributed by atoms with Crippen molar-refractivity contribution in [1.29, 1.82) is 0 Å². The Balaban J connectivity index is 1.43. The summed E-state index contributed by atoms with van der Waals surface area (Å²) in [5.41, 5.74) is -0.378. The molecule has 1 N–H and O–H groups in total. The second-order valence-electron chi connectivity index (χ2n) is 8.35. The number of aliphatic carboxylic acids is 1. The SMILES string of the molecule is CCCCC1(C(=O)O)CCC2(C3CCC4(C)OC4C3)OC2C1. The zero-order valence-corrected chi connectivity index (χ0v) is 13.8. The molecule has 0 aromatic rings. The molecular weight excluding hydrogens is 280 g/mol. The van der Waals surface area contributed by atoms with E-state index in [4.69, 9.17) is 9.47 Å². The summed E-state index contributed by atoms with van der Waals surface area (Å²) < 4.78 is 12.0. The largest absolute Gasteiger partial charge is 0.481 e. The molecule has 4 nitrogen and oxygen atoms in total. The second-order valence-corrected chi connectivity index (χ2v) is 8.35. The Hall–Kier alpha value is -0.610. The van der Waals surface area contributed by atoms with Gasteiger partial charge < -0.3 is 14.6 Å². The van der Waals surface area contributed by atoms with Crippen molar-refractivity contribution in [2.24, 2.45) is 11.3 Å². The van der Waals surface area contributed by atoms with Gasteiger partial charge >= 0.3 is 5.97 Å². The maximum absolute atomic E-state index is 11.9. The van der Waals surface area contributed by atoms with Crippen LogP contribution in [0.2, 0.25) is 0 Å². The first kappa shape index (κ1) is 14.9. The van der Waals surface area contributed by atoms with Gasteiger partial charge in [0.2, 0.25) is 0 Å². The highest BCUT2D eigenvalue weighted by atomic mass is 16.6. The zero-order valence-electron chi connectivity index (χ0n) is 13.8. The van der Waals surface area contributed by atoms with Gasteiger partial charge in [0.1, 0.15) is 0 Å². The minimum absolute atomic E-state index is 0.00154. The molecule has 4 aliphatic rings. The van der Waals surface area contributed by atoms with Gasteiger partial charge in [-0.2, -0.15) is 0 Å². The minimum atomic E-state index is -0.605. The van der Waals surface area contributed by atoms with Crippen LogP contribution in [0.1, 0.15) is 71.6 Å². The average Bonchev–Trinajstić information content (AvgIpc) is 3.36. The predicted octanol–water partition coefficient (Wildman–Crippen LogP) is 3.53. The molecule has 0 aromatic heterocycles. The zero-order chi connectivity index (χ0) is 15.6. The molecule has 2 heterocycles. The quantitative estimate of drug-likeness (QED) is 0.789. The van der Waals surface area contributed by atoms with Crippen molar-refractivity contribution in [2.75, 3.05) is 0 Å². The number of carbonyl (C=O) groups is 1. The molecule has 0 radical (unpaired) electrons. The molecule has 6 unspecified atom stereocenters. The number of rotatable bonds is 5. The number of carboxylic acids is 1. The third-order valence-electron chi connectivity index (χ3n) is 7.10. The van der Waals surface area contributed by atoms with Crippen LogP contribution in [0.5, 0.6) is 0 Å². The van der Waals surface area contributed by atoms with E-state index in [0.29, 0.717) is 12.0 Å². The summed E-state index contributed by atoms with van der Waals surface area (Å²) in [6, 6.07) is 0. The molecule has 2 saturated heterocycles. The van der Waals surface area contributed by atoms with Crippen molar-refractivity contribution in [3.05, 3.63) is 0 Å². The van der Waals surface area contributed by atoms with Crippen molar-refractivity contribution < 1.29 is 19.4 Å². The van der Waals surface area contributed by atoms with E-state index < -0.39 is 11.4 Å². The van der Waals surface area contributed by atoms with E-state index in [0.717, 1.165) is 51.4 Å². The second kappa shape index (κ2) is 4.70. The summed E-state index contributed by atoms with van der Waals surface area (Å²) in [4.78, 5) is 11.9. The van der Waals surface area contributed by atoms with Crippen LogP contribution in [0.25, 0.3) is 0 Å². The van der Waals surface area contributed by atoms with Crippen LogP contribution in [0.4, 0.5) is 0 Å². The number of hydrogen-bond donors (Lipinski definition) is 1. The minimum Gasteiger partial charge on any atom is -0.481 e. The van der Waals surface area contributed by atoms with E-state index in [1.807, 2.05) is 0 Å². The third kappa shape index (κ3) is 2.06. The van der Waals surface area contributed by atoms with Gasteiger partial charge in [0, 0.05) is 0 Å². The topological polar surface area (TPSA) is 62.4 Å². The molecule has 124 valence electrons. The molecule has 4 rings (SSSR count). The van der Waals surface area contributed by atoms with Crippen LogP contribution in [0, 0.1) is 11.3 Å². The number of unbranched alkanes of at least 4 members (excludes halogenated alkanes) is 1. The molecule has 0 spiro atoms. The van der Waals surface area contributed by atoms with E-state index in [2.05, 4.69) is 13.8 Å². The van der Waals surface area contributed by atoms with Gasteiger partial charge in [-0.25, -0.2) is 0 Å². The Morgan fingerprint density at radius 1 is 1.23 bits per heavy atom. The van der Waals surface area contributed by atoms with Crippen LogP contribution < -0.4 is 0 Å². The van der Waals surface area contributed by atoms with E-state index in [1.54, 1.807) is 0 Å². The fourth-order valence-corrected chi connectivity index (χ4v) is 5.25. The molecule has 2 aliphatic heterocycles.